The van der Waals surface area contributed by atoms with Gasteiger partial charge < -0.3 is 20.6 Å². The number of hydrogen-bond donors (Lipinski definition) is 3. The van der Waals surface area contributed by atoms with Crippen LogP contribution in [0.25, 0.3) is 11.0 Å². The molecular formula is C15H18N6O. The van der Waals surface area contributed by atoms with E-state index in [2.05, 4.69) is 20.3 Å². The molecule has 0 fully saturated rings. The van der Waals surface area contributed by atoms with Crippen LogP contribution < -0.4 is 11.1 Å². The summed E-state index contributed by atoms with van der Waals surface area (Å²) in [5, 5.41) is 3.31. The fourth-order valence-electron chi connectivity index (χ4n) is 2.35. The van der Waals surface area contributed by atoms with E-state index < -0.39 is 5.91 Å². The minimum atomic E-state index is -0.503. The number of para-hydroxylation sites is 2. The molecule has 7 nitrogen and oxygen atoms in total. The fraction of sp³-hybridized carbons (Fsp3) is 0.267. The first-order valence-electron chi connectivity index (χ1n) is 7.10. The number of nitrogens with zero attached hydrogens (tertiary/aromatic N) is 3. The highest BCUT2D eigenvalue weighted by Crippen LogP contribution is 2.09. The number of aromatic amines is 1. The predicted molar refractivity (Wildman–Crippen MR) is 83.2 cm³/mol. The first-order valence-corrected chi connectivity index (χ1v) is 7.10. The van der Waals surface area contributed by atoms with E-state index in [1.165, 1.54) is 0 Å². The number of carbonyl (C=O) groups is 1. The molecule has 7 heteroatoms. The van der Waals surface area contributed by atoms with E-state index in [0.717, 1.165) is 29.2 Å². The maximum absolute atomic E-state index is 11.1. The molecule has 0 bridgehead atoms. The summed E-state index contributed by atoms with van der Waals surface area (Å²) in [4.78, 5) is 23.1. The Bertz CT molecular complexity index is 770. The van der Waals surface area contributed by atoms with Gasteiger partial charge in [-0.3, -0.25) is 4.79 Å². The lowest BCUT2D eigenvalue weighted by atomic mass is 10.3. The summed E-state index contributed by atoms with van der Waals surface area (Å²) < 4.78 is 1.82. The van der Waals surface area contributed by atoms with Gasteiger partial charge in [0.25, 0.3) is 5.91 Å². The Hall–Kier alpha value is -2.67. The van der Waals surface area contributed by atoms with Gasteiger partial charge in [-0.1, -0.05) is 12.1 Å². The summed E-state index contributed by atoms with van der Waals surface area (Å²) in [5.74, 6) is 1.22. The highest BCUT2D eigenvalue weighted by atomic mass is 16.1. The second-order valence-corrected chi connectivity index (χ2v) is 5.14. The third-order valence-electron chi connectivity index (χ3n) is 3.48. The van der Waals surface area contributed by atoms with Gasteiger partial charge in [0.15, 0.2) is 0 Å². The molecular weight excluding hydrogens is 280 g/mol. The number of H-pyrrole nitrogens is 1. The van der Waals surface area contributed by atoms with Gasteiger partial charge in [-0.15, -0.1) is 0 Å². The zero-order valence-electron chi connectivity index (χ0n) is 12.3. The van der Waals surface area contributed by atoms with Crippen molar-refractivity contribution in [3.05, 3.63) is 47.8 Å². The lowest BCUT2D eigenvalue weighted by molar-refractivity contribution is 0.0996. The van der Waals surface area contributed by atoms with Crippen LogP contribution in [0.15, 0.2) is 30.5 Å². The smallest absolute Gasteiger partial charge is 0.268 e. The topological polar surface area (TPSA) is 102 Å². The van der Waals surface area contributed by atoms with Gasteiger partial charge in [-0.25, -0.2) is 9.97 Å². The summed E-state index contributed by atoms with van der Waals surface area (Å²) in [6, 6.07) is 7.94. The van der Waals surface area contributed by atoms with Crippen molar-refractivity contribution in [1.82, 2.24) is 24.8 Å². The van der Waals surface area contributed by atoms with Gasteiger partial charge in [0, 0.05) is 26.2 Å². The van der Waals surface area contributed by atoms with E-state index in [9.17, 15) is 4.79 Å². The second-order valence-electron chi connectivity index (χ2n) is 5.14. The molecule has 0 saturated carbocycles. The first kappa shape index (κ1) is 14.3. The highest BCUT2D eigenvalue weighted by Gasteiger charge is 2.09. The van der Waals surface area contributed by atoms with E-state index in [1.807, 2.05) is 35.9 Å². The van der Waals surface area contributed by atoms with Gasteiger partial charge in [0.05, 0.1) is 17.6 Å². The molecule has 0 unspecified atom stereocenters. The number of hydrogen-bond acceptors (Lipinski definition) is 4. The van der Waals surface area contributed by atoms with Crippen molar-refractivity contribution in [3.63, 3.8) is 0 Å². The number of amides is 1. The predicted octanol–water partition coefficient (Wildman–Crippen LogP) is 0.728. The van der Waals surface area contributed by atoms with Crippen LogP contribution in [0.4, 0.5) is 0 Å². The number of aryl methyl sites for hydroxylation is 1. The maximum atomic E-state index is 11.1. The second kappa shape index (κ2) is 5.98. The minimum Gasteiger partial charge on any atom is -0.364 e. The van der Waals surface area contributed by atoms with Gasteiger partial charge >= 0.3 is 0 Å². The van der Waals surface area contributed by atoms with E-state index in [4.69, 9.17) is 5.73 Å². The molecule has 3 rings (SSSR count). The number of aromatic nitrogens is 4. The molecule has 0 aliphatic rings. The zero-order chi connectivity index (χ0) is 15.5. The average molecular weight is 298 g/mol. The standard InChI is InChI=1S/C15H18N6O/c1-21-9-12(15(16)22)20-14(21)6-7-17-8-13-18-10-4-2-3-5-11(10)19-13/h2-5,9,17H,6-8H2,1H3,(H2,16,22)(H,18,19). The Morgan fingerprint density at radius 2 is 2.18 bits per heavy atom. The Morgan fingerprint density at radius 3 is 2.91 bits per heavy atom. The average Bonchev–Trinajstić information content (AvgIpc) is 3.07. The molecule has 0 aliphatic carbocycles. The molecule has 114 valence electrons. The molecule has 4 N–H and O–H groups in total. The number of fused-ring (bicyclic) bond motifs is 1. The van der Waals surface area contributed by atoms with Crippen LogP contribution in [0.1, 0.15) is 22.1 Å². The molecule has 0 radical (unpaired) electrons. The molecule has 0 atom stereocenters. The first-order chi connectivity index (χ1) is 10.6. The molecule has 1 amide bonds. The van der Waals surface area contributed by atoms with Crippen LogP contribution >= 0.6 is 0 Å². The number of primary amides is 1. The van der Waals surface area contributed by atoms with Gasteiger partial charge in [0.2, 0.25) is 0 Å². The van der Waals surface area contributed by atoms with Gasteiger partial charge in [0.1, 0.15) is 17.3 Å². The Morgan fingerprint density at radius 1 is 1.36 bits per heavy atom. The van der Waals surface area contributed by atoms with E-state index in [-0.39, 0.29) is 0 Å². The normalized spacial score (nSPS) is 11.1. The van der Waals surface area contributed by atoms with Crippen LogP contribution in [-0.4, -0.2) is 32.0 Å². The molecule has 3 aromatic rings. The monoisotopic (exact) mass is 298 g/mol. The Balaban J connectivity index is 1.54. The van der Waals surface area contributed by atoms with Crippen molar-refractivity contribution >= 4 is 16.9 Å². The minimum absolute atomic E-state index is 0.301. The summed E-state index contributed by atoms with van der Waals surface area (Å²) in [5.41, 5.74) is 7.53. The van der Waals surface area contributed by atoms with Crippen molar-refractivity contribution in [3.8, 4) is 0 Å². The number of rotatable bonds is 6. The summed E-state index contributed by atoms with van der Waals surface area (Å²) in [6.45, 7) is 1.39. The summed E-state index contributed by atoms with van der Waals surface area (Å²) in [6.07, 6.45) is 2.36. The Labute approximate surface area is 127 Å². The number of benzene rings is 1. The maximum Gasteiger partial charge on any atom is 0.268 e. The highest BCUT2D eigenvalue weighted by molar-refractivity contribution is 5.90. The third kappa shape index (κ3) is 2.99. The van der Waals surface area contributed by atoms with Crippen LogP contribution in [-0.2, 0) is 20.0 Å². The molecule has 22 heavy (non-hydrogen) atoms. The van der Waals surface area contributed by atoms with Crippen molar-refractivity contribution in [2.24, 2.45) is 12.8 Å². The molecule has 2 aromatic heterocycles. The molecule has 1 aromatic carbocycles. The molecule has 0 saturated heterocycles. The third-order valence-corrected chi connectivity index (χ3v) is 3.48. The van der Waals surface area contributed by atoms with E-state index in [1.54, 1.807) is 6.20 Å². The number of imidazole rings is 2. The zero-order valence-corrected chi connectivity index (χ0v) is 12.3. The van der Waals surface area contributed by atoms with E-state index >= 15 is 0 Å². The number of carbonyl (C=O) groups excluding carboxylic acids is 1. The summed E-state index contributed by atoms with van der Waals surface area (Å²) >= 11 is 0. The lowest BCUT2D eigenvalue weighted by Gasteiger charge is -2.03. The van der Waals surface area contributed by atoms with Crippen LogP contribution in [0.3, 0.4) is 0 Å². The lowest BCUT2D eigenvalue weighted by Crippen LogP contribution is -2.19. The summed E-state index contributed by atoms with van der Waals surface area (Å²) in [7, 11) is 1.86. The van der Waals surface area contributed by atoms with Gasteiger partial charge in [-0.2, -0.15) is 0 Å². The molecule has 0 spiro atoms. The van der Waals surface area contributed by atoms with Crippen molar-refractivity contribution < 1.29 is 4.79 Å². The van der Waals surface area contributed by atoms with Crippen molar-refractivity contribution in [2.75, 3.05) is 6.54 Å². The quantitative estimate of drug-likeness (QED) is 0.584. The number of nitrogens with two attached hydrogens (primary N) is 1. The van der Waals surface area contributed by atoms with Crippen LogP contribution in [0.5, 0.6) is 0 Å². The van der Waals surface area contributed by atoms with Crippen molar-refractivity contribution in [2.45, 2.75) is 13.0 Å². The number of nitrogens with one attached hydrogen (secondary N) is 2. The van der Waals surface area contributed by atoms with E-state index in [0.29, 0.717) is 18.7 Å². The SMILES string of the molecule is Cn1cc(C(N)=O)nc1CCNCc1nc2ccccc2[nH]1. The molecule has 2 heterocycles. The Kier molecular flexibility index (Phi) is 3.88. The van der Waals surface area contributed by atoms with Gasteiger partial charge in [-0.05, 0) is 12.1 Å². The molecule has 0 aliphatic heterocycles. The van der Waals surface area contributed by atoms with Crippen LogP contribution in [0.2, 0.25) is 0 Å². The van der Waals surface area contributed by atoms with Crippen molar-refractivity contribution in [1.29, 1.82) is 0 Å². The van der Waals surface area contributed by atoms with Crippen LogP contribution in [0, 0.1) is 0 Å². The fourth-order valence-corrected chi connectivity index (χ4v) is 2.35. The largest absolute Gasteiger partial charge is 0.364 e.